The van der Waals surface area contributed by atoms with E-state index in [4.69, 9.17) is 4.74 Å². The van der Waals surface area contributed by atoms with Gasteiger partial charge in [-0.15, -0.1) is 0 Å². The van der Waals surface area contributed by atoms with Crippen molar-refractivity contribution >= 4 is 5.91 Å². The Hall–Kier alpha value is -1.66. The van der Waals surface area contributed by atoms with Crippen molar-refractivity contribution in [2.24, 2.45) is 13.0 Å². The molecule has 0 unspecified atom stereocenters. The summed E-state index contributed by atoms with van der Waals surface area (Å²) in [7, 11) is 1.66. The molecule has 1 amide bonds. The number of carbonyl (C=O) groups is 1. The number of rotatable bonds is 5. The fourth-order valence-corrected chi connectivity index (χ4v) is 2.58. The molecule has 1 aromatic rings. The van der Waals surface area contributed by atoms with Crippen LogP contribution < -0.4 is 10.9 Å². The molecule has 1 fully saturated rings. The van der Waals surface area contributed by atoms with Crippen LogP contribution >= 0.6 is 0 Å². The maximum absolute atomic E-state index is 12.1. The molecule has 0 aliphatic carbocycles. The highest BCUT2D eigenvalue weighted by molar-refractivity contribution is 5.93. The standard InChI is InChI=1S/C16H25N3O3/c1-12(2)10-19-6-7-22-14(11-19)9-17-16(21)13-4-5-18(3)15(20)8-13/h4-5,8,12,14H,6-7,9-11H2,1-3H3,(H,17,21)/t14-/m1/s1. The summed E-state index contributed by atoms with van der Waals surface area (Å²) < 4.78 is 7.13. The van der Waals surface area contributed by atoms with Gasteiger partial charge in [-0.1, -0.05) is 13.8 Å². The number of amides is 1. The van der Waals surface area contributed by atoms with Gasteiger partial charge in [-0.2, -0.15) is 0 Å². The Morgan fingerprint density at radius 2 is 2.27 bits per heavy atom. The molecule has 0 spiro atoms. The summed E-state index contributed by atoms with van der Waals surface area (Å²) >= 11 is 0. The summed E-state index contributed by atoms with van der Waals surface area (Å²) in [5.74, 6) is 0.385. The van der Waals surface area contributed by atoms with Crippen molar-refractivity contribution in [2.45, 2.75) is 20.0 Å². The molecule has 122 valence electrons. The van der Waals surface area contributed by atoms with E-state index in [1.54, 1.807) is 19.3 Å². The lowest BCUT2D eigenvalue weighted by Gasteiger charge is -2.33. The maximum atomic E-state index is 12.1. The highest BCUT2D eigenvalue weighted by Gasteiger charge is 2.21. The van der Waals surface area contributed by atoms with Crippen molar-refractivity contribution < 1.29 is 9.53 Å². The highest BCUT2D eigenvalue weighted by atomic mass is 16.5. The largest absolute Gasteiger partial charge is 0.374 e. The molecule has 6 heteroatoms. The molecule has 2 heterocycles. The van der Waals surface area contributed by atoms with Gasteiger partial charge < -0.3 is 14.6 Å². The third-order valence-corrected chi connectivity index (χ3v) is 3.70. The second-order valence-electron chi connectivity index (χ2n) is 6.22. The average Bonchev–Trinajstić information content (AvgIpc) is 2.47. The molecule has 1 N–H and O–H groups in total. The fraction of sp³-hybridized carbons (Fsp3) is 0.625. The average molecular weight is 307 g/mol. The molecule has 0 aromatic carbocycles. The zero-order valence-corrected chi connectivity index (χ0v) is 13.5. The maximum Gasteiger partial charge on any atom is 0.251 e. The second kappa shape index (κ2) is 7.56. The summed E-state index contributed by atoms with van der Waals surface area (Å²) in [4.78, 5) is 26.0. The summed E-state index contributed by atoms with van der Waals surface area (Å²) in [5, 5.41) is 2.85. The Balaban J connectivity index is 1.85. The van der Waals surface area contributed by atoms with Crippen LogP contribution in [0.15, 0.2) is 23.1 Å². The number of aromatic nitrogens is 1. The molecular formula is C16H25N3O3. The number of hydrogen-bond donors (Lipinski definition) is 1. The molecular weight excluding hydrogens is 282 g/mol. The van der Waals surface area contributed by atoms with Gasteiger partial charge in [-0.05, 0) is 12.0 Å². The summed E-state index contributed by atoms with van der Waals surface area (Å²) in [6, 6.07) is 2.99. The number of carbonyl (C=O) groups excluding carboxylic acids is 1. The monoisotopic (exact) mass is 307 g/mol. The van der Waals surface area contributed by atoms with E-state index >= 15 is 0 Å². The van der Waals surface area contributed by atoms with Gasteiger partial charge in [0.05, 0.1) is 12.7 Å². The minimum absolute atomic E-state index is 0.00277. The Morgan fingerprint density at radius 3 is 2.95 bits per heavy atom. The van der Waals surface area contributed by atoms with Gasteiger partial charge in [-0.25, -0.2) is 0 Å². The van der Waals surface area contributed by atoms with Gasteiger partial charge in [0, 0.05) is 51.1 Å². The molecule has 1 aliphatic heterocycles. The summed E-state index contributed by atoms with van der Waals surface area (Å²) in [5.41, 5.74) is 0.197. The molecule has 1 aromatic heterocycles. The predicted octanol–water partition coefficient (Wildman–Crippen LogP) is 0.472. The van der Waals surface area contributed by atoms with Gasteiger partial charge >= 0.3 is 0 Å². The molecule has 6 nitrogen and oxygen atoms in total. The SMILES string of the molecule is CC(C)CN1CCO[C@H](CNC(=O)c2ccn(C)c(=O)c2)C1. The quantitative estimate of drug-likeness (QED) is 0.859. The topological polar surface area (TPSA) is 63.6 Å². The second-order valence-corrected chi connectivity index (χ2v) is 6.22. The van der Waals surface area contributed by atoms with E-state index in [0.29, 0.717) is 24.6 Å². The highest BCUT2D eigenvalue weighted by Crippen LogP contribution is 2.07. The van der Waals surface area contributed by atoms with E-state index in [-0.39, 0.29) is 17.6 Å². The molecule has 0 saturated carbocycles. The van der Waals surface area contributed by atoms with Gasteiger partial charge in [0.2, 0.25) is 0 Å². The fourth-order valence-electron chi connectivity index (χ4n) is 2.58. The summed E-state index contributed by atoms with van der Waals surface area (Å²) in [6.07, 6.45) is 1.60. The van der Waals surface area contributed by atoms with Crippen LogP contribution in [0.25, 0.3) is 0 Å². The molecule has 22 heavy (non-hydrogen) atoms. The number of aryl methyl sites for hydroxylation is 1. The van der Waals surface area contributed by atoms with Gasteiger partial charge in [0.15, 0.2) is 0 Å². The molecule has 2 rings (SSSR count). The van der Waals surface area contributed by atoms with Crippen LogP contribution in [0.5, 0.6) is 0 Å². The molecule has 0 bridgehead atoms. The Morgan fingerprint density at radius 1 is 1.50 bits per heavy atom. The number of ether oxygens (including phenoxy) is 1. The van der Waals surface area contributed by atoms with E-state index in [9.17, 15) is 9.59 Å². The molecule has 1 atom stereocenters. The van der Waals surface area contributed by atoms with Crippen LogP contribution in [0.2, 0.25) is 0 Å². The molecule has 1 aliphatic rings. The number of hydrogen-bond acceptors (Lipinski definition) is 4. The van der Waals surface area contributed by atoms with Crippen molar-refractivity contribution in [1.29, 1.82) is 0 Å². The van der Waals surface area contributed by atoms with Gasteiger partial charge in [0.25, 0.3) is 11.5 Å². The van der Waals surface area contributed by atoms with E-state index in [1.807, 2.05) is 0 Å². The van der Waals surface area contributed by atoms with E-state index in [2.05, 4.69) is 24.1 Å². The molecule has 0 radical (unpaired) electrons. The number of nitrogens with one attached hydrogen (secondary N) is 1. The van der Waals surface area contributed by atoms with E-state index in [1.165, 1.54) is 10.6 Å². The van der Waals surface area contributed by atoms with Gasteiger partial charge in [-0.3, -0.25) is 14.5 Å². The van der Waals surface area contributed by atoms with Crippen molar-refractivity contribution in [3.8, 4) is 0 Å². The minimum atomic E-state index is -0.234. The van der Waals surface area contributed by atoms with Crippen LogP contribution in [-0.2, 0) is 11.8 Å². The first-order valence-corrected chi connectivity index (χ1v) is 7.74. The van der Waals surface area contributed by atoms with Crippen LogP contribution in [0.4, 0.5) is 0 Å². The first-order valence-electron chi connectivity index (χ1n) is 7.74. The third-order valence-electron chi connectivity index (χ3n) is 3.70. The third kappa shape index (κ3) is 4.68. The van der Waals surface area contributed by atoms with Crippen LogP contribution in [0.3, 0.4) is 0 Å². The zero-order chi connectivity index (χ0) is 16.1. The van der Waals surface area contributed by atoms with Crippen molar-refractivity contribution in [3.63, 3.8) is 0 Å². The lowest BCUT2D eigenvalue weighted by Crippen LogP contribution is -2.48. The summed E-state index contributed by atoms with van der Waals surface area (Å²) in [6.45, 7) is 8.36. The van der Waals surface area contributed by atoms with E-state index < -0.39 is 0 Å². The lowest BCUT2D eigenvalue weighted by molar-refractivity contribution is -0.0295. The number of nitrogens with zero attached hydrogens (tertiary/aromatic N) is 2. The van der Waals surface area contributed by atoms with Crippen LogP contribution in [0.1, 0.15) is 24.2 Å². The Kier molecular flexibility index (Phi) is 5.74. The minimum Gasteiger partial charge on any atom is -0.374 e. The van der Waals surface area contributed by atoms with Crippen molar-refractivity contribution in [3.05, 3.63) is 34.2 Å². The van der Waals surface area contributed by atoms with Gasteiger partial charge in [0.1, 0.15) is 0 Å². The smallest absolute Gasteiger partial charge is 0.251 e. The van der Waals surface area contributed by atoms with Crippen LogP contribution in [0, 0.1) is 5.92 Å². The Labute approximate surface area is 131 Å². The Bertz CT molecular complexity index is 568. The molecule has 1 saturated heterocycles. The van der Waals surface area contributed by atoms with Crippen molar-refractivity contribution in [2.75, 3.05) is 32.8 Å². The van der Waals surface area contributed by atoms with Crippen LogP contribution in [-0.4, -0.2) is 54.3 Å². The van der Waals surface area contributed by atoms with E-state index in [0.717, 1.165) is 19.6 Å². The van der Waals surface area contributed by atoms with Crippen molar-refractivity contribution in [1.82, 2.24) is 14.8 Å². The number of pyridine rings is 1. The first-order chi connectivity index (χ1) is 10.5. The normalized spacial score (nSPS) is 19.4. The predicted molar refractivity (Wildman–Crippen MR) is 85.0 cm³/mol. The number of morpholine rings is 1. The zero-order valence-electron chi connectivity index (χ0n) is 13.5. The lowest BCUT2D eigenvalue weighted by atomic mass is 10.1. The first kappa shape index (κ1) is 16.7.